The summed E-state index contributed by atoms with van der Waals surface area (Å²) < 4.78 is 53.9. The first-order valence-corrected chi connectivity index (χ1v) is 10.1. The molecule has 0 unspecified atom stereocenters. The summed E-state index contributed by atoms with van der Waals surface area (Å²) in [4.78, 5) is 16.4. The molecule has 0 saturated carbocycles. The van der Waals surface area contributed by atoms with Crippen molar-refractivity contribution >= 4 is 26.8 Å². The SMILES string of the molecule is CS(=O)(=O)c1nc2ccccc2n1CC(=O)NCc1ccc(OC(F)F)cc1. The van der Waals surface area contributed by atoms with Crippen molar-refractivity contribution in [2.45, 2.75) is 24.9 Å². The van der Waals surface area contributed by atoms with Gasteiger partial charge < -0.3 is 14.6 Å². The highest BCUT2D eigenvalue weighted by atomic mass is 32.2. The number of amides is 1. The van der Waals surface area contributed by atoms with E-state index >= 15 is 0 Å². The van der Waals surface area contributed by atoms with Gasteiger partial charge in [0.05, 0.1) is 11.0 Å². The Balaban J connectivity index is 1.71. The van der Waals surface area contributed by atoms with Crippen molar-refractivity contribution in [2.75, 3.05) is 6.26 Å². The number of sulfone groups is 1. The lowest BCUT2D eigenvalue weighted by Crippen LogP contribution is -2.28. The lowest BCUT2D eigenvalue weighted by molar-refractivity contribution is -0.121. The van der Waals surface area contributed by atoms with E-state index in [1.54, 1.807) is 36.4 Å². The number of hydrogen-bond donors (Lipinski definition) is 1. The van der Waals surface area contributed by atoms with Crippen LogP contribution in [0.4, 0.5) is 8.78 Å². The zero-order valence-corrected chi connectivity index (χ0v) is 15.6. The molecule has 3 aromatic rings. The molecule has 1 N–H and O–H groups in total. The van der Waals surface area contributed by atoms with Crippen LogP contribution in [0, 0.1) is 0 Å². The molecule has 0 atom stereocenters. The number of carbonyl (C=O) groups excluding carboxylic acids is 1. The Morgan fingerprint density at radius 3 is 2.50 bits per heavy atom. The van der Waals surface area contributed by atoms with E-state index in [4.69, 9.17) is 0 Å². The van der Waals surface area contributed by atoms with Crippen molar-refractivity contribution < 1.29 is 26.7 Å². The molecule has 148 valence electrons. The van der Waals surface area contributed by atoms with Gasteiger partial charge in [-0.1, -0.05) is 24.3 Å². The minimum Gasteiger partial charge on any atom is -0.435 e. The minimum absolute atomic E-state index is 0.0211. The lowest BCUT2D eigenvalue weighted by atomic mass is 10.2. The van der Waals surface area contributed by atoms with Gasteiger partial charge in [-0.25, -0.2) is 13.4 Å². The van der Waals surface area contributed by atoms with Crippen LogP contribution in [0.2, 0.25) is 0 Å². The zero-order chi connectivity index (χ0) is 20.3. The van der Waals surface area contributed by atoms with Crippen LogP contribution in [0.5, 0.6) is 5.75 Å². The molecule has 0 aliphatic carbocycles. The molecule has 0 aliphatic rings. The van der Waals surface area contributed by atoms with Crippen LogP contribution in [0.25, 0.3) is 11.0 Å². The van der Waals surface area contributed by atoms with Gasteiger partial charge in [0.15, 0.2) is 0 Å². The molecule has 0 spiro atoms. The molecule has 28 heavy (non-hydrogen) atoms. The Kier molecular flexibility index (Phi) is 5.59. The van der Waals surface area contributed by atoms with Crippen LogP contribution >= 0.6 is 0 Å². The third-order valence-corrected chi connectivity index (χ3v) is 4.87. The van der Waals surface area contributed by atoms with Crippen LogP contribution in [0.1, 0.15) is 5.56 Å². The number of fused-ring (bicyclic) bond motifs is 1. The number of benzene rings is 2. The molecule has 0 saturated heterocycles. The van der Waals surface area contributed by atoms with Crippen molar-refractivity contribution in [1.29, 1.82) is 0 Å². The van der Waals surface area contributed by atoms with Gasteiger partial charge in [-0.3, -0.25) is 4.79 Å². The number of alkyl halides is 2. The number of halogens is 2. The lowest BCUT2D eigenvalue weighted by Gasteiger charge is -2.10. The molecule has 0 radical (unpaired) electrons. The van der Waals surface area contributed by atoms with E-state index in [0.717, 1.165) is 6.26 Å². The van der Waals surface area contributed by atoms with Crippen molar-refractivity contribution in [3.63, 3.8) is 0 Å². The van der Waals surface area contributed by atoms with Gasteiger partial charge >= 0.3 is 6.61 Å². The average Bonchev–Trinajstić information content (AvgIpc) is 3.00. The van der Waals surface area contributed by atoms with Crippen LogP contribution in [-0.4, -0.2) is 36.7 Å². The summed E-state index contributed by atoms with van der Waals surface area (Å²) >= 11 is 0. The highest BCUT2D eigenvalue weighted by Crippen LogP contribution is 2.19. The standard InChI is InChI=1S/C18H17F2N3O4S/c1-28(25,26)18-22-14-4-2-3-5-15(14)23(18)11-16(24)21-10-12-6-8-13(9-7-12)27-17(19)20/h2-9,17H,10-11H2,1H3,(H,21,24). The Hall–Kier alpha value is -3.01. The monoisotopic (exact) mass is 409 g/mol. The van der Waals surface area contributed by atoms with E-state index in [1.807, 2.05) is 0 Å². The second-order valence-corrected chi connectivity index (χ2v) is 7.95. The third kappa shape index (κ3) is 4.63. The molecule has 10 heteroatoms. The Morgan fingerprint density at radius 1 is 1.18 bits per heavy atom. The first-order chi connectivity index (χ1) is 13.2. The van der Waals surface area contributed by atoms with E-state index in [0.29, 0.717) is 16.6 Å². The van der Waals surface area contributed by atoms with Gasteiger partial charge in [-0.15, -0.1) is 0 Å². The molecule has 2 aromatic carbocycles. The van der Waals surface area contributed by atoms with Gasteiger partial charge in [0.2, 0.25) is 20.9 Å². The van der Waals surface area contributed by atoms with E-state index in [-0.39, 0.29) is 24.0 Å². The van der Waals surface area contributed by atoms with E-state index < -0.39 is 22.4 Å². The molecule has 0 aliphatic heterocycles. The Morgan fingerprint density at radius 2 is 1.86 bits per heavy atom. The summed E-state index contributed by atoms with van der Waals surface area (Å²) in [7, 11) is -3.63. The fourth-order valence-electron chi connectivity index (χ4n) is 2.68. The highest BCUT2D eigenvalue weighted by molar-refractivity contribution is 7.90. The molecule has 1 heterocycles. The number of nitrogens with one attached hydrogen (secondary N) is 1. The second kappa shape index (κ2) is 7.93. The summed E-state index contributed by atoms with van der Waals surface area (Å²) in [5.41, 5.74) is 1.69. The molecule has 0 bridgehead atoms. The third-order valence-electron chi connectivity index (χ3n) is 3.89. The number of imidazole rings is 1. The highest BCUT2D eigenvalue weighted by Gasteiger charge is 2.20. The van der Waals surface area contributed by atoms with Gasteiger partial charge in [-0.2, -0.15) is 8.78 Å². The maximum atomic E-state index is 12.3. The summed E-state index contributed by atoms with van der Waals surface area (Å²) in [6.45, 7) is -2.98. The molecular weight excluding hydrogens is 392 g/mol. The first kappa shape index (κ1) is 19.7. The predicted molar refractivity (Wildman–Crippen MR) is 97.8 cm³/mol. The number of rotatable bonds is 7. The number of carbonyl (C=O) groups is 1. The van der Waals surface area contributed by atoms with Gasteiger partial charge in [0.1, 0.15) is 12.3 Å². The Labute approximate surface area is 159 Å². The van der Waals surface area contributed by atoms with Gasteiger partial charge in [-0.05, 0) is 29.8 Å². The first-order valence-electron chi connectivity index (χ1n) is 8.20. The van der Waals surface area contributed by atoms with Gasteiger partial charge in [0, 0.05) is 12.8 Å². The van der Waals surface area contributed by atoms with Crippen molar-refractivity contribution in [1.82, 2.24) is 14.9 Å². The summed E-state index contributed by atoms with van der Waals surface area (Å²) in [6.07, 6.45) is 1.03. The molecule has 0 fully saturated rings. The maximum absolute atomic E-state index is 12.3. The van der Waals surface area contributed by atoms with Gasteiger partial charge in [0.25, 0.3) is 0 Å². The van der Waals surface area contributed by atoms with Crippen molar-refractivity contribution in [2.24, 2.45) is 0 Å². The largest absolute Gasteiger partial charge is 0.435 e. The molecule has 3 rings (SSSR count). The fourth-order valence-corrected chi connectivity index (χ4v) is 3.51. The number of nitrogens with zero attached hydrogens (tertiary/aromatic N) is 2. The normalized spacial score (nSPS) is 11.7. The van der Waals surface area contributed by atoms with Crippen molar-refractivity contribution in [3.05, 3.63) is 54.1 Å². The number of aromatic nitrogens is 2. The number of hydrogen-bond acceptors (Lipinski definition) is 5. The number of para-hydroxylation sites is 2. The summed E-state index contributed by atoms with van der Waals surface area (Å²) in [5.74, 6) is -0.395. The predicted octanol–water partition coefficient (Wildman–Crippen LogP) is 2.36. The topological polar surface area (TPSA) is 90.3 Å². The Bertz CT molecular complexity index is 1100. The maximum Gasteiger partial charge on any atom is 0.387 e. The van der Waals surface area contributed by atoms with E-state index in [2.05, 4.69) is 15.0 Å². The average molecular weight is 409 g/mol. The van der Waals surface area contributed by atoms with Crippen LogP contribution in [-0.2, 0) is 27.7 Å². The zero-order valence-electron chi connectivity index (χ0n) is 14.8. The number of ether oxygens (including phenoxy) is 1. The van der Waals surface area contributed by atoms with E-state index in [1.165, 1.54) is 16.7 Å². The van der Waals surface area contributed by atoms with Crippen LogP contribution < -0.4 is 10.1 Å². The minimum atomic E-state index is -3.63. The van der Waals surface area contributed by atoms with Crippen molar-refractivity contribution in [3.8, 4) is 5.75 Å². The molecule has 1 amide bonds. The molecule has 7 nitrogen and oxygen atoms in total. The molecule has 1 aromatic heterocycles. The molecular formula is C18H17F2N3O4S. The fraction of sp³-hybridized carbons (Fsp3) is 0.222. The van der Waals surface area contributed by atoms with Crippen LogP contribution in [0.3, 0.4) is 0 Å². The van der Waals surface area contributed by atoms with Crippen LogP contribution in [0.15, 0.2) is 53.7 Å². The summed E-state index contributed by atoms with van der Waals surface area (Å²) in [5, 5.41) is 2.49. The smallest absolute Gasteiger partial charge is 0.387 e. The summed E-state index contributed by atoms with van der Waals surface area (Å²) in [6, 6.07) is 12.7. The van der Waals surface area contributed by atoms with E-state index in [9.17, 15) is 22.0 Å². The second-order valence-electron chi connectivity index (χ2n) is 6.04. The quantitative estimate of drug-likeness (QED) is 0.647.